The first-order valence-electron chi connectivity index (χ1n) is 11.5. The Bertz CT molecular complexity index is 1030. The van der Waals surface area contributed by atoms with Gasteiger partial charge in [0.2, 0.25) is 5.91 Å². The van der Waals surface area contributed by atoms with Gasteiger partial charge in [0.15, 0.2) is 6.61 Å². The van der Waals surface area contributed by atoms with Gasteiger partial charge in [-0.15, -0.1) is 0 Å². The van der Waals surface area contributed by atoms with Gasteiger partial charge in [0.25, 0.3) is 5.91 Å². The van der Waals surface area contributed by atoms with E-state index in [0.29, 0.717) is 23.5 Å². The second-order valence-electron chi connectivity index (χ2n) is 8.10. The van der Waals surface area contributed by atoms with E-state index < -0.39 is 24.5 Å². The fraction of sp³-hybridized carbons (Fsp3) is 0.385. The highest BCUT2D eigenvalue weighted by molar-refractivity contribution is 9.10. The average Bonchev–Trinajstić information content (AvgIpc) is 2.83. The topological polar surface area (TPSA) is 111 Å². The fourth-order valence-electron chi connectivity index (χ4n) is 3.16. The first kappa shape index (κ1) is 28.0. The molecule has 0 aromatic heterocycles. The molecule has 188 valence electrons. The maximum atomic E-state index is 12.1. The molecule has 35 heavy (non-hydrogen) atoms. The lowest BCUT2D eigenvalue weighted by Crippen LogP contribution is -2.22. The second-order valence-corrected chi connectivity index (χ2v) is 8.89. The molecule has 0 radical (unpaired) electrons. The zero-order valence-corrected chi connectivity index (χ0v) is 21.8. The molecule has 0 aliphatic heterocycles. The number of benzene rings is 2. The number of ether oxygens (including phenoxy) is 2. The van der Waals surface area contributed by atoms with E-state index >= 15 is 0 Å². The van der Waals surface area contributed by atoms with Crippen molar-refractivity contribution < 1.29 is 28.7 Å². The zero-order chi connectivity index (χ0) is 25.8. The number of hydrogen-bond donors (Lipinski definition) is 2. The van der Waals surface area contributed by atoms with Crippen molar-refractivity contribution in [1.29, 1.82) is 0 Å². The third kappa shape index (κ3) is 9.90. The van der Waals surface area contributed by atoms with Crippen LogP contribution in [0.3, 0.4) is 0 Å². The molecule has 0 saturated carbocycles. The summed E-state index contributed by atoms with van der Waals surface area (Å²) < 4.78 is 11.1. The lowest BCUT2D eigenvalue weighted by molar-refractivity contribution is -0.147. The predicted molar refractivity (Wildman–Crippen MR) is 137 cm³/mol. The Hall–Kier alpha value is -3.20. The van der Waals surface area contributed by atoms with E-state index in [9.17, 15) is 19.2 Å². The van der Waals surface area contributed by atoms with Crippen molar-refractivity contribution >= 4 is 51.1 Å². The Kier molecular flexibility index (Phi) is 11.4. The number of amides is 2. The van der Waals surface area contributed by atoms with Crippen LogP contribution in [0, 0.1) is 13.8 Å². The lowest BCUT2D eigenvalue weighted by atomic mass is 10.1. The zero-order valence-electron chi connectivity index (χ0n) is 20.2. The molecule has 0 atom stereocenters. The number of carbonyl (C=O) groups is 4. The molecule has 2 rings (SSSR count). The molecule has 0 heterocycles. The highest BCUT2D eigenvalue weighted by Gasteiger charge is 2.13. The molecule has 9 heteroatoms. The molecule has 0 aliphatic rings. The highest BCUT2D eigenvalue weighted by Crippen LogP contribution is 2.25. The molecule has 8 nitrogen and oxygen atoms in total. The van der Waals surface area contributed by atoms with Crippen LogP contribution < -0.4 is 10.6 Å². The predicted octanol–water partition coefficient (Wildman–Crippen LogP) is 5.31. The van der Waals surface area contributed by atoms with E-state index in [1.54, 1.807) is 24.3 Å². The van der Waals surface area contributed by atoms with Gasteiger partial charge in [0, 0.05) is 22.3 Å². The molecular weight excluding hydrogens is 516 g/mol. The van der Waals surface area contributed by atoms with Crippen LogP contribution >= 0.6 is 15.9 Å². The van der Waals surface area contributed by atoms with Gasteiger partial charge in [0.1, 0.15) is 0 Å². The van der Waals surface area contributed by atoms with Crippen molar-refractivity contribution in [3.63, 3.8) is 0 Å². The van der Waals surface area contributed by atoms with Crippen molar-refractivity contribution in [3.05, 3.63) is 57.6 Å². The summed E-state index contributed by atoms with van der Waals surface area (Å²) in [4.78, 5) is 48.1. The minimum atomic E-state index is -0.653. The van der Waals surface area contributed by atoms with Crippen LogP contribution in [0.25, 0.3) is 0 Å². The number of anilines is 2. The van der Waals surface area contributed by atoms with Gasteiger partial charge >= 0.3 is 11.9 Å². The van der Waals surface area contributed by atoms with Crippen LogP contribution in [0.15, 0.2) is 40.9 Å². The van der Waals surface area contributed by atoms with E-state index in [4.69, 9.17) is 9.47 Å². The highest BCUT2D eigenvalue weighted by atomic mass is 79.9. The van der Waals surface area contributed by atoms with E-state index in [2.05, 4.69) is 33.5 Å². The van der Waals surface area contributed by atoms with Gasteiger partial charge < -0.3 is 20.1 Å². The Morgan fingerprint density at radius 3 is 2.09 bits per heavy atom. The fourth-order valence-corrected chi connectivity index (χ4v) is 3.39. The van der Waals surface area contributed by atoms with Crippen LogP contribution in [-0.4, -0.2) is 37.0 Å². The van der Waals surface area contributed by atoms with E-state index in [-0.39, 0.29) is 18.7 Å². The van der Waals surface area contributed by atoms with Crippen LogP contribution in [0.2, 0.25) is 0 Å². The Balaban J connectivity index is 1.69. The number of hydrogen-bond acceptors (Lipinski definition) is 6. The minimum Gasteiger partial charge on any atom is -0.462 e. The van der Waals surface area contributed by atoms with Gasteiger partial charge in [-0.25, -0.2) is 4.79 Å². The molecule has 0 unspecified atom stereocenters. The first-order valence-corrected chi connectivity index (χ1v) is 12.3. The Labute approximate surface area is 213 Å². The molecule has 0 aliphatic carbocycles. The summed E-state index contributed by atoms with van der Waals surface area (Å²) in [5.74, 6) is -1.91. The van der Waals surface area contributed by atoms with Crippen LogP contribution in [0.1, 0.15) is 60.5 Å². The Morgan fingerprint density at radius 2 is 1.46 bits per heavy atom. The minimum absolute atomic E-state index is 0.104. The molecule has 2 N–H and O–H groups in total. The number of rotatable bonds is 12. The summed E-state index contributed by atoms with van der Waals surface area (Å²) in [5.41, 5.74) is 3.44. The molecule has 2 aromatic carbocycles. The standard InChI is InChI=1S/C26H31BrN2O6/c1-4-5-6-13-34-26(33)19-7-9-20(10-8-19)28-22(30)11-12-24(32)35-16-23(31)29-21-14-17(2)25(27)18(3)15-21/h7-10,14-15H,4-6,11-13,16H2,1-3H3,(H,28,30)(H,29,31). The summed E-state index contributed by atoms with van der Waals surface area (Å²) in [7, 11) is 0. The maximum Gasteiger partial charge on any atom is 0.338 e. The summed E-state index contributed by atoms with van der Waals surface area (Å²) in [6.45, 7) is 5.84. The van der Waals surface area contributed by atoms with Crippen molar-refractivity contribution in [2.24, 2.45) is 0 Å². The van der Waals surface area contributed by atoms with Crippen molar-refractivity contribution in [2.75, 3.05) is 23.8 Å². The largest absolute Gasteiger partial charge is 0.462 e. The van der Waals surface area contributed by atoms with E-state index in [1.807, 2.05) is 26.0 Å². The molecule has 2 amide bonds. The lowest BCUT2D eigenvalue weighted by Gasteiger charge is -2.10. The normalized spacial score (nSPS) is 10.4. The summed E-state index contributed by atoms with van der Waals surface area (Å²) in [6, 6.07) is 9.94. The SMILES string of the molecule is CCCCCOC(=O)c1ccc(NC(=O)CCC(=O)OCC(=O)Nc2cc(C)c(Br)c(C)c2)cc1. The molecular formula is C26H31BrN2O6. The van der Waals surface area contributed by atoms with Crippen LogP contribution in [-0.2, 0) is 23.9 Å². The quantitative estimate of drug-likeness (QED) is 0.275. The molecule has 0 bridgehead atoms. The van der Waals surface area contributed by atoms with Gasteiger partial charge in [-0.2, -0.15) is 0 Å². The summed E-state index contributed by atoms with van der Waals surface area (Å²) in [5, 5.41) is 5.34. The third-order valence-corrected chi connectivity index (χ3v) is 6.28. The van der Waals surface area contributed by atoms with Crippen LogP contribution in [0.4, 0.5) is 11.4 Å². The third-order valence-electron chi connectivity index (χ3n) is 5.03. The number of nitrogens with one attached hydrogen (secondary N) is 2. The molecule has 0 spiro atoms. The summed E-state index contributed by atoms with van der Waals surface area (Å²) >= 11 is 3.47. The average molecular weight is 547 g/mol. The first-order chi connectivity index (χ1) is 16.7. The van der Waals surface area contributed by atoms with Crippen LogP contribution in [0.5, 0.6) is 0 Å². The molecule has 2 aromatic rings. The van der Waals surface area contributed by atoms with Crippen molar-refractivity contribution in [3.8, 4) is 0 Å². The summed E-state index contributed by atoms with van der Waals surface area (Å²) in [6.07, 6.45) is 2.61. The monoisotopic (exact) mass is 546 g/mol. The Morgan fingerprint density at radius 1 is 0.829 bits per heavy atom. The van der Waals surface area contributed by atoms with E-state index in [1.165, 1.54) is 0 Å². The number of aryl methyl sites for hydroxylation is 2. The van der Waals surface area contributed by atoms with Gasteiger partial charge in [-0.05, 0) is 67.8 Å². The maximum absolute atomic E-state index is 12.1. The van der Waals surface area contributed by atoms with Gasteiger partial charge in [-0.3, -0.25) is 14.4 Å². The number of unbranched alkanes of at least 4 members (excludes halogenated alkanes) is 2. The van der Waals surface area contributed by atoms with Gasteiger partial charge in [-0.1, -0.05) is 35.7 Å². The molecule has 0 fully saturated rings. The van der Waals surface area contributed by atoms with Crippen molar-refractivity contribution in [2.45, 2.75) is 52.9 Å². The van der Waals surface area contributed by atoms with E-state index in [0.717, 1.165) is 34.9 Å². The number of esters is 2. The number of halogens is 1. The second kappa shape index (κ2) is 14.3. The van der Waals surface area contributed by atoms with Gasteiger partial charge in [0.05, 0.1) is 18.6 Å². The smallest absolute Gasteiger partial charge is 0.338 e. The van der Waals surface area contributed by atoms with Crippen molar-refractivity contribution in [1.82, 2.24) is 0 Å². The molecule has 0 saturated heterocycles. The number of carbonyl (C=O) groups excluding carboxylic acids is 4.